The zero-order chi connectivity index (χ0) is 10.9. The van der Waals surface area contributed by atoms with Crippen molar-refractivity contribution in [1.29, 1.82) is 0 Å². The number of unbranched alkanes of at least 4 members (excludes halogenated alkanes) is 3. The van der Waals surface area contributed by atoms with E-state index in [1.807, 2.05) is 0 Å². The molecule has 0 aromatic rings. The van der Waals surface area contributed by atoms with Crippen molar-refractivity contribution in [2.24, 2.45) is 5.41 Å². The lowest BCUT2D eigenvalue weighted by Crippen LogP contribution is -2.16. The first-order valence-electron chi connectivity index (χ1n) is 6.68. The second kappa shape index (κ2) is 10.8. The van der Waals surface area contributed by atoms with Crippen molar-refractivity contribution in [2.75, 3.05) is 0 Å². The first-order valence-corrected chi connectivity index (χ1v) is 6.68. The van der Waals surface area contributed by atoms with E-state index in [9.17, 15) is 0 Å². The molecule has 0 saturated carbocycles. The van der Waals surface area contributed by atoms with Gasteiger partial charge in [0.25, 0.3) is 0 Å². The number of halogens is 1. The monoisotopic (exact) mass is 234 g/mol. The average molecular weight is 235 g/mol. The van der Waals surface area contributed by atoms with Gasteiger partial charge in [-0.2, -0.15) is 0 Å². The highest BCUT2D eigenvalue weighted by Crippen LogP contribution is 2.35. The van der Waals surface area contributed by atoms with E-state index in [-0.39, 0.29) is 12.4 Å². The molecule has 0 aliphatic rings. The SMILES string of the molecule is CCCCC(C)(CCCC)CCCC.Cl. The fourth-order valence-electron chi connectivity index (χ4n) is 2.19. The molecule has 0 bridgehead atoms. The molecule has 0 radical (unpaired) electrons. The molecule has 0 nitrogen and oxygen atoms in total. The zero-order valence-corrected chi connectivity index (χ0v) is 12.1. The highest BCUT2D eigenvalue weighted by Gasteiger charge is 2.21. The maximum atomic E-state index is 2.51. The molecule has 0 aliphatic heterocycles. The maximum absolute atomic E-state index is 2.51. The summed E-state index contributed by atoms with van der Waals surface area (Å²) in [7, 11) is 0. The topological polar surface area (TPSA) is 0 Å². The fourth-order valence-corrected chi connectivity index (χ4v) is 2.19. The van der Waals surface area contributed by atoms with Gasteiger partial charge in [0.15, 0.2) is 0 Å². The van der Waals surface area contributed by atoms with Gasteiger partial charge in [0, 0.05) is 0 Å². The van der Waals surface area contributed by atoms with Gasteiger partial charge in [-0.25, -0.2) is 0 Å². The Balaban J connectivity index is 0. The molecule has 15 heavy (non-hydrogen) atoms. The summed E-state index contributed by atoms with van der Waals surface area (Å²) in [4.78, 5) is 0. The Morgan fingerprint density at radius 3 is 1.13 bits per heavy atom. The molecule has 0 atom stereocenters. The minimum atomic E-state index is 0. The molecule has 0 saturated heterocycles. The minimum absolute atomic E-state index is 0. The van der Waals surface area contributed by atoms with Crippen LogP contribution in [-0.2, 0) is 0 Å². The third kappa shape index (κ3) is 9.23. The molecule has 0 unspecified atom stereocenters. The van der Waals surface area contributed by atoms with E-state index in [0.717, 1.165) is 0 Å². The second-order valence-corrected chi connectivity index (χ2v) is 5.12. The van der Waals surface area contributed by atoms with E-state index in [0.29, 0.717) is 5.41 Å². The van der Waals surface area contributed by atoms with E-state index in [1.54, 1.807) is 0 Å². The number of hydrogen-bond donors (Lipinski definition) is 0. The van der Waals surface area contributed by atoms with Crippen LogP contribution >= 0.6 is 12.4 Å². The number of hydrogen-bond acceptors (Lipinski definition) is 0. The molecule has 0 N–H and O–H groups in total. The summed E-state index contributed by atoms with van der Waals surface area (Å²) in [6, 6.07) is 0. The molecule has 0 aliphatic carbocycles. The van der Waals surface area contributed by atoms with E-state index in [2.05, 4.69) is 27.7 Å². The van der Waals surface area contributed by atoms with Crippen molar-refractivity contribution in [2.45, 2.75) is 85.5 Å². The molecule has 0 aromatic carbocycles. The summed E-state index contributed by atoms with van der Waals surface area (Å²) < 4.78 is 0. The molecular formula is C14H31Cl. The van der Waals surface area contributed by atoms with Gasteiger partial charge in [-0.05, 0) is 24.7 Å². The molecule has 0 aromatic heterocycles. The van der Waals surface area contributed by atoms with Crippen LogP contribution in [0.5, 0.6) is 0 Å². The van der Waals surface area contributed by atoms with Crippen molar-refractivity contribution in [3.05, 3.63) is 0 Å². The van der Waals surface area contributed by atoms with E-state index >= 15 is 0 Å². The van der Waals surface area contributed by atoms with Crippen LogP contribution in [0.4, 0.5) is 0 Å². The van der Waals surface area contributed by atoms with E-state index in [1.165, 1.54) is 57.8 Å². The summed E-state index contributed by atoms with van der Waals surface area (Å²) in [5.41, 5.74) is 0.655. The van der Waals surface area contributed by atoms with Crippen LogP contribution in [0.3, 0.4) is 0 Å². The Morgan fingerprint density at radius 2 is 0.933 bits per heavy atom. The summed E-state index contributed by atoms with van der Waals surface area (Å²) >= 11 is 0. The van der Waals surface area contributed by atoms with Crippen LogP contribution in [0, 0.1) is 5.41 Å². The van der Waals surface area contributed by atoms with Crippen LogP contribution in [0.1, 0.15) is 85.5 Å². The second-order valence-electron chi connectivity index (χ2n) is 5.12. The normalized spacial score (nSPS) is 11.2. The van der Waals surface area contributed by atoms with Crippen molar-refractivity contribution >= 4 is 12.4 Å². The number of rotatable bonds is 9. The van der Waals surface area contributed by atoms with Gasteiger partial charge in [-0.15, -0.1) is 12.4 Å². The standard InChI is InChI=1S/C14H30.ClH/c1-5-8-11-14(4,12-9-6-2)13-10-7-3;/h5-13H2,1-4H3;1H. The van der Waals surface area contributed by atoms with Gasteiger partial charge in [0.1, 0.15) is 0 Å². The fraction of sp³-hybridized carbons (Fsp3) is 1.00. The van der Waals surface area contributed by atoms with Gasteiger partial charge >= 0.3 is 0 Å². The lowest BCUT2D eigenvalue weighted by molar-refractivity contribution is 0.228. The van der Waals surface area contributed by atoms with Crippen molar-refractivity contribution in [1.82, 2.24) is 0 Å². The zero-order valence-electron chi connectivity index (χ0n) is 11.3. The van der Waals surface area contributed by atoms with E-state index in [4.69, 9.17) is 0 Å². The summed E-state index contributed by atoms with van der Waals surface area (Å²) in [5, 5.41) is 0. The highest BCUT2D eigenvalue weighted by atomic mass is 35.5. The molecular weight excluding hydrogens is 204 g/mol. The minimum Gasteiger partial charge on any atom is -0.147 e. The Labute approximate surface area is 104 Å². The first kappa shape index (κ1) is 17.7. The van der Waals surface area contributed by atoms with Crippen LogP contribution < -0.4 is 0 Å². The smallest absolute Gasteiger partial charge is 0.0326 e. The third-order valence-electron chi connectivity index (χ3n) is 3.40. The molecule has 0 fully saturated rings. The average Bonchev–Trinajstić information content (AvgIpc) is 2.21. The van der Waals surface area contributed by atoms with Crippen molar-refractivity contribution < 1.29 is 0 Å². The highest BCUT2D eigenvalue weighted by molar-refractivity contribution is 5.85. The summed E-state index contributed by atoms with van der Waals surface area (Å²) in [6.45, 7) is 9.42. The predicted molar refractivity (Wildman–Crippen MR) is 73.9 cm³/mol. The molecule has 0 rings (SSSR count). The quantitative estimate of drug-likeness (QED) is 0.460. The van der Waals surface area contributed by atoms with Crippen LogP contribution in [0.15, 0.2) is 0 Å². The third-order valence-corrected chi connectivity index (χ3v) is 3.40. The van der Waals surface area contributed by atoms with Crippen molar-refractivity contribution in [3.63, 3.8) is 0 Å². The van der Waals surface area contributed by atoms with Gasteiger partial charge in [0.2, 0.25) is 0 Å². The molecule has 0 spiro atoms. The Kier molecular flexibility index (Phi) is 12.7. The van der Waals surface area contributed by atoms with Gasteiger partial charge in [-0.1, -0.05) is 66.2 Å². The van der Waals surface area contributed by atoms with Crippen LogP contribution in [0.25, 0.3) is 0 Å². The summed E-state index contributed by atoms with van der Waals surface area (Å²) in [6.07, 6.45) is 12.7. The van der Waals surface area contributed by atoms with Gasteiger partial charge < -0.3 is 0 Å². The first-order chi connectivity index (χ1) is 6.68. The summed E-state index contributed by atoms with van der Waals surface area (Å²) in [5.74, 6) is 0. The molecule has 0 amide bonds. The predicted octanol–water partition coefficient (Wildman–Crippen LogP) is 5.99. The maximum Gasteiger partial charge on any atom is -0.0326 e. The molecule has 1 heteroatoms. The van der Waals surface area contributed by atoms with Crippen LogP contribution in [-0.4, -0.2) is 0 Å². The van der Waals surface area contributed by atoms with Crippen LogP contribution in [0.2, 0.25) is 0 Å². The van der Waals surface area contributed by atoms with Gasteiger partial charge in [-0.3, -0.25) is 0 Å². The van der Waals surface area contributed by atoms with E-state index < -0.39 is 0 Å². The Hall–Kier alpha value is 0.290. The molecule has 94 valence electrons. The lowest BCUT2D eigenvalue weighted by Gasteiger charge is -2.29. The lowest BCUT2D eigenvalue weighted by atomic mass is 9.76. The van der Waals surface area contributed by atoms with Crippen molar-refractivity contribution in [3.8, 4) is 0 Å². The Morgan fingerprint density at radius 1 is 0.667 bits per heavy atom. The van der Waals surface area contributed by atoms with Gasteiger partial charge in [0.05, 0.1) is 0 Å². The Bertz CT molecular complexity index is 98.7. The largest absolute Gasteiger partial charge is 0.147 e. The molecule has 0 heterocycles.